The fourth-order valence-electron chi connectivity index (χ4n) is 1.37. The maximum atomic E-state index is 11.8. The highest BCUT2D eigenvalue weighted by Crippen LogP contribution is 2.18. The van der Waals surface area contributed by atoms with Crippen molar-refractivity contribution in [1.82, 2.24) is 4.72 Å². The minimum atomic E-state index is -3.24. The van der Waals surface area contributed by atoms with Crippen LogP contribution in [0.25, 0.3) is 0 Å². The number of sulfonamides is 1. The van der Waals surface area contributed by atoms with Crippen molar-refractivity contribution < 1.29 is 13.2 Å². The topological polar surface area (TPSA) is 55.4 Å². The molecule has 15 heavy (non-hydrogen) atoms. The highest BCUT2D eigenvalue weighted by atomic mass is 32.2. The van der Waals surface area contributed by atoms with Crippen molar-refractivity contribution in [3.05, 3.63) is 0 Å². The van der Waals surface area contributed by atoms with E-state index in [1.807, 2.05) is 6.92 Å². The third-order valence-corrected chi connectivity index (χ3v) is 4.89. The van der Waals surface area contributed by atoms with E-state index in [9.17, 15) is 8.42 Å². The fraction of sp³-hybridized carbons (Fsp3) is 1.00. The number of hydrogen-bond acceptors (Lipinski definition) is 3. The lowest BCUT2D eigenvalue weighted by molar-refractivity contribution is 0.0135. The predicted molar refractivity (Wildman–Crippen MR) is 60.2 cm³/mol. The second-order valence-corrected chi connectivity index (χ2v) is 7.62. The van der Waals surface area contributed by atoms with Gasteiger partial charge in [-0.05, 0) is 40.5 Å². The van der Waals surface area contributed by atoms with Crippen molar-refractivity contribution in [3.8, 4) is 0 Å². The van der Waals surface area contributed by atoms with Gasteiger partial charge in [0.2, 0.25) is 10.0 Å². The monoisotopic (exact) mass is 235 g/mol. The molecule has 0 aromatic rings. The second-order valence-electron chi connectivity index (χ2n) is 5.15. The van der Waals surface area contributed by atoms with Crippen LogP contribution in [-0.2, 0) is 14.8 Å². The summed E-state index contributed by atoms with van der Waals surface area (Å²) in [6, 6.07) is -0.0644. The molecule has 1 rings (SSSR count). The van der Waals surface area contributed by atoms with Crippen molar-refractivity contribution in [3.63, 3.8) is 0 Å². The van der Waals surface area contributed by atoms with Crippen LogP contribution in [0.5, 0.6) is 0 Å². The van der Waals surface area contributed by atoms with Crippen LogP contribution in [0.1, 0.15) is 40.5 Å². The Hall–Kier alpha value is -0.130. The Bertz CT molecular complexity index is 297. The third kappa shape index (κ3) is 3.43. The van der Waals surface area contributed by atoms with Crippen molar-refractivity contribution in [2.75, 3.05) is 6.61 Å². The Kier molecular flexibility index (Phi) is 3.79. The van der Waals surface area contributed by atoms with Gasteiger partial charge >= 0.3 is 0 Å². The molecule has 0 radical (unpaired) electrons. The first-order chi connectivity index (χ1) is 6.72. The molecule has 0 aromatic carbocycles. The normalized spacial score (nSPS) is 29.1. The maximum Gasteiger partial charge on any atom is 0.216 e. The maximum absolute atomic E-state index is 11.8. The lowest BCUT2D eigenvalue weighted by atomic mass is 10.1. The zero-order valence-electron chi connectivity index (χ0n) is 9.91. The highest BCUT2D eigenvalue weighted by molar-refractivity contribution is 7.90. The van der Waals surface area contributed by atoms with Crippen molar-refractivity contribution in [2.24, 2.45) is 0 Å². The van der Waals surface area contributed by atoms with Crippen LogP contribution >= 0.6 is 0 Å². The average Bonchev–Trinajstić information content (AvgIpc) is 2.06. The van der Waals surface area contributed by atoms with E-state index in [1.165, 1.54) is 0 Å². The van der Waals surface area contributed by atoms with Gasteiger partial charge in [-0.15, -0.1) is 0 Å². The van der Waals surface area contributed by atoms with Gasteiger partial charge in [0.25, 0.3) is 0 Å². The molecule has 5 heteroatoms. The standard InChI is InChI=1S/C10H21NO3S/c1-8-5-6-9(7-14-8)11-15(12,13)10(2,3)4/h8-9,11H,5-7H2,1-4H3/t8-,9-/m1/s1. The largest absolute Gasteiger partial charge is 0.377 e. The van der Waals surface area contributed by atoms with Gasteiger partial charge in [0.05, 0.1) is 17.5 Å². The zero-order chi connectivity index (χ0) is 11.7. The summed E-state index contributed by atoms with van der Waals surface area (Å²) in [5.41, 5.74) is 0. The lowest BCUT2D eigenvalue weighted by Gasteiger charge is -2.30. The molecule has 1 fully saturated rings. The quantitative estimate of drug-likeness (QED) is 0.784. The van der Waals surface area contributed by atoms with Gasteiger partial charge in [-0.2, -0.15) is 0 Å². The molecule has 0 spiro atoms. The molecule has 90 valence electrons. The van der Waals surface area contributed by atoms with E-state index in [4.69, 9.17) is 4.74 Å². The van der Waals surface area contributed by atoms with Gasteiger partial charge < -0.3 is 4.74 Å². The summed E-state index contributed by atoms with van der Waals surface area (Å²) >= 11 is 0. The lowest BCUT2D eigenvalue weighted by Crippen LogP contribution is -2.48. The van der Waals surface area contributed by atoms with Gasteiger partial charge in [-0.1, -0.05) is 0 Å². The molecule has 0 aliphatic carbocycles. The summed E-state index contributed by atoms with van der Waals surface area (Å²) in [7, 11) is -3.24. The smallest absolute Gasteiger partial charge is 0.216 e. The van der Waals surface area contributed by atoms with Crippen molar-refractivity contribution in [2.45, 2.75) is 57.4 Å². The molecule has 1 aliphatic rings. The summed E-state index contributed by atoms with van der Waals surface area (Å²) in [5.74, 6) is 0. The van der Waals surface area contributed by atoms with Gasteiger partial charge in [-0.3, -0.25) is 0 Å². The first-order valence-electron chi connectivity index (χ1n) is 5.36. The van der Waals surface area contributed by atoms with E-state index in [0.29, 0.717) is 6.61 Å². The highest BCUT2D eigenvalue weighted by Gasteiger charge is 2.32. The van der Waals surface area contributed by atoms with Gasteiger partial charge in [0, 0.05) is 6.04 Å². The molecule has 0 bridgehead atoms. The second kappa shape index (κ2) is 4.39. The molecule has 1 aliphatic heterocycles. The van der Waals surface area contributed by atoms with Crippen LogP contribution in [0.3, 0.4) is 0 Å². The summed E-state index contributed by atoms with van der Waals surface area (Å²) in [4.78, 5) is 0. The van der Waals surface area contributed by atoms with E-state index in [0.717, 1.165) is 12.8 Å². The molecule has 0 aromatic heterocycles. The van der Waals surface area contributed by atoms with Crippen molar-refractivity contribution in [1.29, 1.82) is 0 Å². The molecule has 0 amide bonds. The summed E-state index contributed by atoms with van der Waals surface area (Å²) < 4.78 is 31.0. The SMILES string of the molecule is C[C@@H]1CC[C@@H](NS(=O)(=O)C(C)(C)C)CO1. The average molecular weight is 235 g/mol. The molecular weight excluding hydrogens is 214 g/mol. The molecule has 0 saturated carbocycles. The molecule has 1 heterocycles. The first kappa shape index (κ1) is 12.9. The summed E-state index contributed by atoms with van der Waals surface area (Å²) in [5, 5.41) is 0. The van der Waals surface area contributed by atoms with Crippen LogP contribution in [0.15, 0.2) is 0 Å². The Morgan fingerprint density at radius 2 is 1.87 bits per heavy atom. The van der Waals surface area contributed by atoms with Crippen LogP contribution in [-0.4, -0.2) is 31.9 Å². The van der Waals surface area contributed by atoms with Gasteiger partial charge in [0.1, 0.15) is 0 Å². The van der Waals surface area contributed by atoms with Crippen LogP contribution < -0.4 is 4.72 Å². The number of ether oxygens (including phenoxy) is 1. The van der Waals surface area contributed by atoms with E-state index >= 15 is 0 Å². The van der Waals surface area contributed by atoms with E-state index in [1.54, 1.807) is 20.8 Å². The molecule has 4 nitrogen and oxygen atoms in total. The Morgan fingerprint density at radius 1 is 1.27 bits per heavy atom. The Morgan fingerprint density at radius 3 is 2.27 bits per heavy atom. The molecule has 1 N–H and O–H groups in total. The minimum absolute atomic E-state index is 0.0644. The van der Waals surface area contributed by atoms with Crippen molar-refractivity contribution >= 4 is 10.0 Å². The third-order valence-electron chi connectivity index (χ3n) is 2.63. The number of rotatable bonds is 2. The summed E-state index contributed by atoms with van der Waals surface area (Å²) in [6.45, 7) is 7.58. The van der Waals surface area contributed by atoms with Crippen LogP contribution in [0.2, 0.25) is 0 Å². The summed E-state index contributed by atoms with van der Waals surface area (Å²) in [6.07, 6.45) is 2.02. The number of nitrogens with one attached hydrogen (secondary N) is 1. The Labute approximate surface area is 92.4 Å². The minimum Gasteiger partial charge on any atom is -0.377 e. The fourth-order valence-corrected chi connectivity index (χ4v) is 2.35. The van der Waals surface area contributed by atoms with E-state index in [2.05, 4.69) is 4.72 Å². The molecular formula is C10H21NO3S. The molecule has 2 atom stereocenters. The molecule has 0 unspecified atom stereocenters. The predicted octanol–water partition coefficient (Wildman–Crippen LogP) is 1.27. The molecule has 1 saturated heterocycles. The van der Waals surface area contributed by atoms with Gasteiger partial charge in [-0.25, -0.2) is 13.1 Å². The Balaban J connectivity index is 2.56. The van der Waals surface area contributed by atoms with Gasteiger partial charge in [0.15, 0.2) is 0 Å². The number of hydrogen-bond donors (Lipinski definition) is 1. The zero-order valence-corrected chi connectivity index (χ0v) is 10.7. The van der Waals surface area contributed by atoms with Crippen LogP contribution in [0, 0.1) is 0 Å². The van der Waals surface area contributed by atoms with E-state index < -0.39 is 14.8 Å². The van der Waals surface area contributed by atoms with E-state index in [-0.39, 0.29) is 12.1 Å². The van der Waals surface area contributed by atoms with Crippen LogP contribution in [0.4, 0.5) is 0 Å². The first-order valence-corrected chi connectivity index (χ1v) is 6.84.